The van der Waals surface area contributed by atoms with Crippen LogP contribution in [0, 0.1) is 0 Å². The van der Waals surface area contributed by atoms with Gasteiger partial charge in [-0.25, -0.2) is 18.7 Å². The molecule has 0 saturated heterocycles. The van der Waals surface area contributed by atoms with E-state index in [0.29, 0.717) is 11.6 Å². The molecule has 10 heteroatoms. The lowest BCUT2D eigenvalue weighted by molar-refractivity contribution is 0.754. The number of hydrogen-bond acceptors (Lipinski definition) is 6. The van der Waals surface area contributed by atoms with Crippen LogP contribution in [0.3, 0.4) is 0 Å². The normalized spacial score (nSPS) is 11.1. The number of rotatable bonds is 5. The van der Waals surface area contributed by atoms with Crippen molar-refractivity contribution in [1.29, 1.82) is 0 Å². The van der Waals surface area contributed by atoms with Crippen LogP contribution in [-0.2, 0) is 0 Å². The third-order valence-corrected chi connectivity index (χ3v) is 5.06. The summed E-state index contributed by atoms with van der Waals surface area (Å²) in [5.41, 5.74) is 4.17. The Morgan fingerprint density at radius 1 is 0.438 bits per heavy atom. The van der Waals surface area contributed by atoms with Gasteiger partial charge >= 0.3 is 0 Å². The fraction of sp³-hybridized carbons (Fsp3) is 0. The van der Waals surface area contributed by atoms with Crippen molar-refractivity contribution in [3.8, 4) is 34.1 Å². The van der Waals surface area contributed by atoms with E-state index in [1.807, 2.05) is 58.2 Å². The molecule has 10 nitrogen and oxygen atoms in total. The molecular formula is C22H16N10. The summed E-state index contributed by atoms with van der Waals surface area (Å²) < 4.78 is 6.88. The maximum atomic E-state index is 4.55. The Morgan fingerprint density at radius 2 is 0.875 bits per heavy atom. The minimum absolute atomic E-state index is 0.716. The zero-order chi connectivity index (χ0) is 21.3. The molecule has 0 amide bonds. The second kappa shape index (κ2) is 7.43. The zero-order valence-electron chi connectivity index (χ0n) is 16.7. The van der Waals surface area contributed by atoms with Gasteiger partial charge in [0.2, 0.25) is 0 Å². The topological polar surface area (TPSA) is 97.1 Å². The van der Waals surface area contributed by atoms with Gasteiger partial charge < -0.3 is 0 Å². The predicted octanol–water partition coefficient (Wildman–Crippen LogP) is 2.89. The average molecular weight is 420 g/mol. The third kappa shape index (κ3) is 3.25. The molecule has 0 atom stereocenters. The Balaban J connectivity index is 1.21. The summed E-state index contributed by atoms with van der Waals surface area (Å²) >= 11 is 0. The van der Waals surface area contributed by atoms with Crippen LogP contribution in [-0.4, -0.2) is 49.5 Å². The quantitative estimate of drug-likeness (QED) is 0.425. The molecule has 154 valence electrons. The van der Waals surface area contributed by atoms with Gasteiger partial charge in [0, 0.05) is 24.5 Å². The van der Waals surface area contributed by atoms with Crippen LogP contribution in [0.5, 0.6) is 0 Å². The highest BCUT2D eigenvalue weighted by Gasteiger charge is 2.06. The summed E-state index contributed by atoms with van der Waals surface area (Å²) in [4.78, 5) is 0. The van der Waals surface area contributed by atoms with E-state index >= 15 is 0 Å². The highest BCUT2D eigenvalue weighted by molar-refractivity contribution is 5.65. The lowest BCUT2D eigenvalue weighted by Crippen LogP contribution is -2.00. The molecule has 0 N–H and O–H groups in total. The molecule has 4 aromatic heterocycles. The van der Waals surface area contributed by atoms with Crippen LogP contribution in [0.2, 0.25) is 0 Å². The van der Waals surface area contributed by atoms with Gasteiger partial charge in [-0.05, 0) is 35.4 Å². The monoisotopic (exact) mass is 420 g/mol. The summed E-state index contributed by atoms with van der Waals surface area (Å²) in [6.45, 7) is 0. The smallest absolute Gasteiger partial charge is 0.177 e. The van der Waals surface area contributed by atoms with E-state index in [1.165, 1.54) is 0 Å². The summed E-state index contributed by atoms with van der Waals surface area (Å²) in [6.07, 6.45) is 10.6. The molecule has 0 fully saturated rings. The van der Waals surface area contributed by atoms with Crippen molar-refractivity contribution in [2.24, 2.45) is 0 Å². The molecule has 6 aromatic rings. The Morgan fingerprint density at radius 3 is 1.25 bits per heavy atom. The lowest BCUT2D eigenvalue weighted by Gasteiger charge is -2.07. The van der Waals surface area contributed by atoms with Crippen LogP contribution >= 0.6 is 0 Å². The van der Waals surface area contributed by atoms with Gasteiger partial charge in [0.25, 0.3) is 0 Å². The minimum atomic E-state index is 0.716. The fourth-order valence-corrected chi connectivity index (χ4v) is 3.43. The van der Waals surface area contributed by atoms with E-state index in [4.69, 9.17) is 0 Å². The second-order valence-electron chi connectivity index (χ2n) is 7.03. The Labute approximate surface area is 182 Å². The molecule has 0 saturated carbocycles. The summed E-state index contributed by atoms with van der Waals surface area (Å²) in [5.74, 6) is 1.43. The van der Waals surface area contributed by atoms with Crippen molar-refractivity contribution >= 4 is 0 Å². The van der Waals surface area contributed by atoms with Gasteiger partial charge in [-0.3, -0.25) is 0 Å². The zero-order valence-corrected chi connectivity index (χ0v) is 16.7. The van der Waals surface area contributed by atoms with E-state index in [0.717, 1.165) is 22.5 Å². The van der Waals surface area contributed by atoms with Gasteiger partial charge in [0.1, 0.15) is 0 Å². The summed E-state index contributed by atoms with van der Waals surface area (Å²) in [7, 11) is 0. The van der Waals surface area contributed by atoms with E-state index in [-0.39, 0.29) is 0 Å². The molecule has 0 aliphatic rings. The third-order valence-electron chi connectivity index (χ3n) is 5.06. The first kappa shape index (κ1) is 18.0. The molecule has 0 aliphatic carbocycles. The minimum Gasteiger partial charge on any atom is -0.239 e. The first-order valence-corrected chi connectivity index (χ1v) is 9.89. The Kier molecular flexibility index (Phi) is 4.17. The van der Waals surface area contributed by atoms with Crippen molar-refractivity contribution < 1.29 is 0 Å². The molecule has 32 heavy (non-hydrogen) atoms. The van der Waals surface area contributed by atoms with E-state index in [1.54, 1.807) is 34.2 Å². The SMILES string of the molecule is c1cn(-c2ccn(-c3ccc(-c4ccc(-n5ccc(-n6ccnn6)n5)cc4)cc3)n2)nn1. The van der Waals surface area contributed by atoms with Crippen LogP contribution in [0.15, 0.2) is 97.8 Å². The van der Waals surface area contributed by atoms with Crippen molar-refractivity contribution in [3.63, 3.8) is 0 Å². The highest BCUT2D eigenvalue weighted by atomic mass is 15.5. The van der Waals surface area contributed by atoms with Crippen LogP contribution in [0.1, 0.15) is 0 Å². The number of aromatic nitrogens is 10. The number of benzene rings is 2. The van der Waals surface area contributed by atoms with Gasteiger partial charge in [-0.15, -0.1) is 20.4 Å². The Bertz CT molecular complexity index is 1330. The van der Waals surface area contributed by atoms with E-state index in [9.17, 15) is 0 Å². The van der Waals surface area contributed by atoms with Gasteiger partial charge in [0.05, 0.1) is 36.2 Å². The number of nitrogens with zero attached hydrogens (tertiary/aromatic N) is 10. The van der Waals surface area contributed by atoms with Gasteiger partial charge in [0.15, 0.2) is 11.6 Å². The lowest BCUT2D eigenvalue weighted by atomic mass is 10.1. The van der Waals surface area contributed by atoms with Crippen molar-refractivity contribution in [2.75, 3.05) is 0 Å². The van der Waals surface area contributed by atoms with Crippen molar-refractivity contribution in [3.05, 3.63) is 97.8 Å². The molecular weight excluding hydrogens is 404 g/mol. The largest absolute Gasteiger partial charge is 0.239 e. The molecule has 0 spiro atoms. The maximum Gasteiger partial charge on any atom is 0.177 e. The molecule has 0 unspecified atom stereocenters. The molecule has 0 radical (unpaired) electrons. The van der Waals surface area contributed by atoms with Crippen LogP contribution in [0.4, 0.5) is 0 Å². The Hall–Kier alpha value is -4.86. The maximum absolute atomic E-state index is 4.55. The van der Waals surface area contributed by atoms with E-state index in [2.05, 4.69) is 55.1 Å². The first-order valence-electron chi connectivity index (χ1n) is 9.89. The molecule has 6 rings (SSSR count). The predicted molar refractivity (Wildman–Crippen MR) is 116 cm³/mol. The van der Waals surface area contributed by atoms with Crippen molar-refractivity contribution in [1.82, 2.24) is 49.5 Å². The van der Waals surface area contributed by atoms with Crippen LogP contribution in [0.25, 0.3) is 34.1 Å². The first-order chi connectivity index (χ1) is 15.8. The highest BCUT2D eigenvalue weighted by Crippen LogP contribution is 2.23. The average Bonchev–Trinajstić information content (AvgIpc) is 3.66. The van der Waals surface area contributed by atoms with Gasteiger partial charge in [-0.1, -0.05) is 34.7 Å². The molecule has 2 aromatic carbocycles. The van der Waals surface area contributed by atoms with E-state index < -0.39 is 0 Å². The fourth-order valence-electron chi connectivity index (χ4n) is 3.43. The standard InChI is InChI=1S/C22H16N10/c1-5-19(29-13-9-21(25-29)31-15-11-23-27-31)6-2-17(1)18-3-7-20(8-4-18)30-14-10-22(26-30)32-16-12-24-28-32/h1-16H. The summed E-state index contributed by atoms with van der Waals surface area (Å²) in [5, 5.41) is 24.7. The molecule has 0 bridgehead atoms. The molecule has 4 heterocycles. The van der Waals surface area contributed by atoms with Crippen LogP contribution < -0.4 is 0 Å². The summed E-state index contributed by atoms with van der Waals surface area (Å²) in [6, 6.07) is 20.3. The second-order valence-corrected chi connectivity index (χ2v) is 7.03. The van der Waals surface area contributed by atoms with Gasteiger partial charge in [-0.2, -0.15) is 0 Å². The van der Waals surface area contributed by atoms with Crippen molar-refractivity contribution in [2.45, 2.75) is 0 Å². The number of hydrogen-bond donors (Lipinski definition) is 0. The molecule has 0 aliphatic heterocycles.